The first-order valence-electron chi connectivity index (χ1n) is 6.07. The van der Waals surface area contributed by atoms with Gasteiger partial charge < -0.3 is 0 Å². The molecule has 0 atom stereocenters. The largest absolute Gasteiger partial charge is 0.298 e. The van der Waals surface area contributed by atoms with Crippen LogP contribution in [0.1, 0.15) is 11.1 Å². The summed E-state index contributed by atoms with van der Waals surface area (Å²) in [7, 11) is 0. The van der Waals surface area contributed by atoms with Crippen LogP contribution in [0.4, 0.5) is 0 Å². The van der Waals surface area contributed by atoms with Gasteiger partial charge >= 0.3 is 0 Å². The number of hydrogen-bond donors (Lipinski definition) is 0. The summed E-state index contributed by atoms with van der Waals surface area (Å²) in [6.07, 6.45) is 2.85. The predicted octanol–water partition coefficient (Wildman–Crippen LogP) is 6.13. The molecule has 0 radical (unpaired) electrons. The van der Waals surface area contributed by atoms with E-state index in [0.717, 1.165) is 11.8 Å². The van der Waals surface area contributed by atoms with Crippen molar-refractivity contribution in [3.05, 3.63) is 73.7 Å². The first-order valence-corrected chi connectivity index (χ1v) is 7.58. The van der Waals surface area contributed by atoms with E-state index in [2.05, 4.69) is 0 Å². The van der Waals surface area contributed by atoms with Gasteiger partial charge in [-0.25, -0.2) is 0 Å². The topological polar surface area (TPSA) is 17.1 Å². The lowest BCUT2D eigenvalue weighted by atomic mass is 10.0. The van der Waals surface area contributed by atoms with Crippen molar-refractivity contribution in [2.75, 3.05) is 0 Å². The summed E-state index contributed by atoms with van der Waals surface area (Å²) in [4.78, 5) is 11.3. The molecule has 5 heteroatoms. The Morgan fingerprint density at radius 3 is 1.81 bits per heavy atom. The minimum atomic E-state index is 0.404. The summed E-state index contributed by atoms with van der Waals surface area (Å²) in [5, 5.41) is 1.95. The van der Waals surface area contributed by atoms with Gasteiger partial charge in [0.25, 0.3) is 0 Å². The van der Waals surface area contributed by atoms with Crippen molar-refractivity contribution in [2.45, 2.75) is 6.42 Å². The van der Waals surface area contributed by atoms with Crippen LogP contribution in [0.3, 0.4) is 0 Å². The van der Waals surface area contributed by atoms with Crippen molar-refractivity contribution < 1.29 is 4.79 Å². The second-order valence-electron chi connectivity index (χ2n) is 4.28. The summed E-state index contributed by atoms with van der Waals surface area (Å²) >= 11 is 24.4. The standard InChI is InChI=1S/C16H10Cl4O/c17-12-3-1-4-13(18)11(12)8-7-10(9-21)16-14(19)5-2-6-15(16)20/h1-7,9H,8H2. The average molecular weight is 360 g/mol. The summed E-state index contributed by atoms with van der Waals surface area (Å²) in [5.74, 6) is 0. The number of hydrogen-bond acceptors (Lipinski definition) is 1. The highest BCUT2D eigenvalue weighted by molar-refractivity contribution is 6.39. The van der Waals surface area contributed by atoms with Crippen molar-refractivity contribution in [1.82, 2.24) is 0 Å². The van der Waals surface area contributed by atoms with Crippen LogP contribution in [-0.4, -0.2) is 6.29 Å². The van der Waals surface area contributed by atoms with Gasteiger partial charge in [0.2, 0.25) is 0 Å². The van der Waals surface area contributed by atoms with Crippen LogP contribution in [0.15, 0.2) is 42.5 Å². The Morgan fingerprint density at radius 2 is 1.33 bits per heavy atom. The lowest BCUT2D eigenvalue weighted by Crippen LogP contribution is -1.92. The number of carbonyl (C=O) groups is 1. The molecule has 21 heavy (non-hydrogen) atoms. The molecule has 0 fully saturated rings. The second kappa shape index (κ2) is 7.33. The van der Waals surface area contributed by atoms with Crippen LogP contribution < -0.4 is 0 Å². The first kappa shape index (κ1) is 16.4. The Morgan fingerprint density at radius 1 is 0.857 bits per heavy atom. The Bertz CT molecular complexity index is 667. The lowest BCUT2D eigenvalue weighted by molar-refractivity contribution is -0.103. The van der Waals surface area contributed by atoms with E-state index in [4.69, 9.17) is 46.4 Å². The van der Waals surface area contributed by atoms with E-state index in [1.807, 2.05) is 0 Å². The number of carbonyl (C=O) groups excluding carboxylic acids is 1. The summed E-state index contributed by atoms with van der Waals surface area (Å²) < 4.78 is 0. The van der Waals surface area contributed by atoms with Gasteiger partial charge in [0, 0.05) is 31.2 Å². The van der Waals surface area contributed by atoms with Crippen LogP contribution in [0.5, 0.6) is 0 Å². The molecule has 0 heterocycles. The molecule has 2 aromatic carbocycles. The molecule has 1 nitrogen and oxygen atoms in total. The maximum atomic E-state index is 11.3. The Kier molecular flexibility index (Phi) is 5.72. The zero-order valence-corrected chi connectivity index (χ0v) is 13.8. The van der Waals surface area contributed by atoms with Gasteiger partial charge in [-0.3, -0.25) is 4.79 Å². The molecule has 0 N–H and O–H groups in total. The third-order valence-corrected chi connectivity index (χ3v) is 4.30. The van der Waals surface area contributed by atoms with E-state index in [0.29, 0.717) is 37.6 Å². The molecule has 0 aliphatic rings. The number of rotatable bonds is 4. The van der Waals surface area contributed by atoms with E-state index < -0.39 is 0 Å². The normalized spacial score (nSPS) is 11.5. The van der Waals surface area contributed by atoms with Crippen molar-refractivity contribution in [3.63, 3.8) is 0 Å². The van der Waals surface area contributed by atoms with Crippen molar-refractivity contribution in [3.8, 4) is 0 Å². The zero-order chi connectivity index (χ0) is 15.4. The Balaban J connectivity index is 2.41. The predicted molar refractivity (Wildman–Crippen MR) is 90.7 cm³/mol. The fraction of sp³-hybridized carbons (Fsp3) is 0.0625. The van der Waals surface area contributed by atoms with Gasteiger partial charge in [-0.2, -0.15) is 0 Å². The Labute approximate surface area is 143 Å². The third kappa shape index (κ3) is 3.81. The van der Waals surface area contributed by atoms with Gasteiger partial charge in [-0.15, -0.1) is 0 Å². The van der Waals surface area contributed by atoms with E-state index >= 15 is 0 Å². The molecule has 2 aromatic rings. The highest BCUT2D eigenvalue weighted by atomic mass is 35.5. The quantitative estimate of drug-likeness (QED) is 0.474. The molecule has 0 aliphatic carbocycles. The first-order chi connectivity index (χ1) is 10.0. The molecule has 108 valence electrons. The van der Waals surface area contributed by atoms with Crippen LogP contribution in [0.25, 0.3) is 5.57 Å². The summed E-state index contributed by atoms with van der Waals surface area (Å²) in [6, 6.07) is 10.4. The molecule has 0 aliphatic heterocycles. The summed E-state index contributed by atoms with van der Waals surface area (Å²) in [5.41, 5.74) is 1.67. The van der Waals surface area contributed by atoms with Crippen molar-refractivity contribution in [2.24, 2.45) is 0 Å². The molecule has 0 spiro atoms. The molecule has 0 bridgehead atoms. The molecule has 0 saturated heterocycles. The highest BCUT2D eigenvalue weighted by Gasteiger charge is 2.11. The number of benzene rings is 2. The van der Waals surface area contributed by atoms with Crippen molar-refractivity contribution >= 4 is 58.3 Å². The fourth-order valence-corrected chi connectivity index (χ4v) is 3.09. The molecule has 0 aromatic heterocycles. The minimum Gasteiger partial charge on any atom is -0.298 e. The molecule has 0 amide bonds. The molecule has 2 rings (SSSR count). The molecular weight excluding hydrogens is 350 g/mol. The van der Waals surface area contributed by atoms with Gasteiger partial charge in [0.1, 0.15) is 6.29 Å². The molecule has 0 saturated carbocycles. The van der Waals surface area contributed by atoms with Gasteiger partial charge in [0.15, 0.2) is 0 Å². The fourth-order valence-electron chi connectivity index (χ4n) is 1.92. The van der Waals surface area contributed by atoms with Crippen LogP contribution in [0.2, 0.25) is 20.1 Å². The zero-order valence-electron chi connectivity index (χ0n) is 10.7. The summed E-state index contributed by atoms with van der Waals surface area (Å²) in [6.45, 7) is 0. The van der Waals surface area contributed by atoms with E-state index in [9.17, 15) is 4.79 Å². The monoisotopic (exact) mass is 358 g/mol. The highest BCUT2D eigenvalue weighted by Crippen LogP contribution is 2.31. The van der Waals surface area contributed by atoms with Crippen molar-refractivity contribution in [1.29, 1.82) is 0 Å². The number of allylic oxidation sites excluding steroid dienone is 2. The van der Waals surface area contributed by atoms with Crippen LogP contribution in [-0.2, 0) is 11.2 Å². The van der Waals surface area contributed by atoms with Crippen LogP contribution in [0, 0.1) is 0 Å². The maximum Gasteiger partial charge on any atom is 0.150 e. The van der Waals surface area contributed by atoms with E-state index in [1.54, 1.807) is 42.5 Å². The Hall–Kier alpha value is -0.990. The minimum absolute atomic E-state index is 0.404. The third-order valence-electron chi connectivity index (χ3n) is 2.97. The second-order valence-corrected chi connectivity index (χ2v) is 5.91. The number of halogens is 4. The number of aldehydes is 1. The van der Waals surface area contributed by atoms with Gasteiger partial charge in [-0.05, 0) is 36.2 Å². The van der Waals surface area contributed by atoms with Crippen LogP contribution >= 0.6 is 46.4 Å². The maximum absolute atomic E-state index is 11.3. The SMILES string of the molecule is O=CC(=CCc1c(Cl)cccc1Cl)c1c(Cl)cccc1Cl. The average Bonchev–Trinajstić information content (AvgIpc) is 2.44. The smallest absolute Gasteiger partial charge is 0.150 e. The van der Waals surface area contributed by atoms with Gasteiger partial charge in [-0.1, -0.05) is 64.6 Å². The molecule has 0 unspecified atom stereocenters. The van der Waals surface area contributed by atoms with Gasteiger partial charge in [0.05, 0.1) is 0 Å². The lowest BCUT2D eigenvalue weighted by Gasteiger charge is -2.08. The molecular formula is C16H10Cl4O. The van der Waals surface area contributed by atoms with E-state index in [-0.39, 0.29) is 0 Å². The van der Waals surface area contributed by atoms with E-state index in [1.165, 1.54) is 0 Å².